The van der Waals surface area contributed by atoms with Crippen LogP contribution in [-0.4, -0.2) is 67.6 Å². The van der Waals surface area contributed by atoms with E-state index in [1.54, 1.807) is 12.1 Å². The highest BCUT2D eigenvalue weighted by atomic mass is 19.1. The zero-order valence-corrected chi connectivity index (χ0v) is 23.9. The Morgan fingerprint density at radius 1 is 1.05 bits per heavy atom. The van der Waals surface area contributed by atoms with Crippen molar-refractivity contribution in [2.45, 2.75) is 57.0 Å². The highest BCUT2D eigenvalue weighted by Crippen LogP contribution is 2.36. The van der Waals surface area contributed by atoms with E-state index in [4.69, 9.17) is 9.47 Å². The van der Waals surface area contributed by atoms with E-state index >= 15 is 0 Å². The average molecular weight is 578 g/mol. The normalized spacial score (nSPS) is 25.3. The highest BCUT2D eigenvalue weighted by Gasteiger charge is 2.41. The molecule has 2 aromatic rings. The van der Waals surface area contributed by atoms with Gasteiger partial charge >= 0.3 is 0 Å². The minimum Gasteiger partial charge on any atom is -0.493 e. The number of nitrogens with zero attached hydrogens (tertiary/aromatic N) is 1. The van der Waals surface area contributed by atoms with Gasteiger partial charge in [0.2, 0.25) is 17.7 Å². The van der Waals surface area contributed by atoms with Crippen molar-refractivity contribution in [3.63, 3.8) is 0 Å². The van der Waals surface area contributed by atoms with Crippen molar-refractivity contribution in [3.8, 4) is 5.75 Å². The van der Waals surface area contributed by atoms with Crippen LogP contribution in [0.4, 0.5) is 4.39 Å². The van der Waals surface area contributed by atoms with Gasteiger partial charge in [-0.1, -0.05) is 48.6 Å². The first-order valence-corrected chi connectivity index (χ1v) is 15.0. The standard InChI is InChI=1S/C33H40FN3O5/c34-26-10-6-11-27(22-26)42-18-13-30(38)37-17-12-28-25(23-37)9-4-5-14-33(15-19-41-20-16-33)32(40)36-29(31(39)35-28)21-24-7-2-1-3-8-24/h1-8,10-11,22,25,28-29H,9,12-21,23H2,(H,35,39)(H,36,40)/b5-4+/t25-,28+,29-/m1/s1. The van der Waals surface area contributed by atoms with E-state index < -0.39 is 11.5 Å². The summed E-state index contributed by atoms with van der Waals surface area (Å²) in [7, 11) is 0. The predicted octanol–water partition coefficient (Wildman–Crippen LogP) is 3.80. The minimum atomic E-state index is -0.705. The van der Waals surface area contributed by atoms with Gasteiger partial charge in [-0.25, -0.2) is 4.39 Å². The molecule has 2 fully saturated rings. The Morgan fingerprint density at radius 2 is 1.86 bits per heavy atom. The number of allylic oxidation sites excluding steroid dienone is 2. The number of halogens is 1. The van der Waals surface area contributed by atoms with Gasteiger partial charge in [0.15, 0.2) is 0 Å². The molecule has 2 saturated heterocycles. The third-order valence-electron chi connectivity index (χ3n) is 8.75. The van der Waals surface area contributed by atoms with Gasteiger partial charge in [0, 0.05) is 50.8 Å². The van der Waals surface area contributed by atoms with Crippen LogP contribution in [0, 0.1) is 17.2 Å². The molecule has 0 bridgehead atoms. The number of benzene rings is 2. The number of fused-ring (bicyclic) bond motifs is 1. The molecule has 2 N–H and O–H groups in total. The molecule has 3 aliphatic heterocycles. The van der Waals surface area contributed by atoms with Crippen LogP contribution in [0.2, 0.25) is 0 Å². The summed E-state index contributed by atoms with van der Waals surface area (Å²) in [5.41, 5.74) is 0.363. The second-order valence-corrected chi connectivity index (χ2v) is 11.6. The Labute approximate surface area is 246 Å². The first-order valence-electron chi connectivity index (χ1n) is 15.0. The van der Waals surface area contributed by atoms with E-state index in [2.05, 4.69) is 22.8 Å². The van der Waals surface area contributed by atoms with Gasteiger partial charge in [0.05, 0.1) is 18.4 Å². The summed E-state index contributed by atoms with van der Waals surface area (Å²) in [5.74, 6) is -0.270. The van der Waals surface area contributed by atoms with Gasteiger partial charge in [-0.15, -0.1) is 0 Å². The number of nitrogens with one attached hydrogen (secondary N) is 2. The molecule has 0 saturated carbocycles. The minimum absolute atomic E-state index is 0.0262. The fraction of sp³-hybridized carbons (Fsp3) is 0.485. The first kappa shape index (κ1) is 29.8. The lowest BCUT2D eigenvalue weighted by atomic mass is 9.75. The van der Waals surface area contributed by atoms with E-state index in [1.807, 2.05) is 35.2 Å². The Kier molecular flexibility index (Phi) is 9.89. The number of carbonyl (C=O) groups is 3. The van der Waals surface area contributed by atoms with E-state index in [-0.39, 0.29) is 48.5 Å². The fourth-order valence-electron chi connectivity index (χ4n) is 6.18. The molecular formula is C33H40FN3O5. The summed E-state index contributed by atoms with van der Waals surface area (Å²) in [6, 6.07) is 14.8. The lowest BCUT2D eigenvalue weighted by Crippen LogP contribution is -2.58. The molecule has 224 valence electrons. The van der Waals surface area contributed by atoms with Crippen LogP contribution < -0.4 is 15.4 Å². The number of ether oxygens (including phenoxy) is 2. The molecule has 42 heavy (non-hydrogen) atoms. The molecule has 5 rings (SSSR count). The number of hydrogen-bond acceptors (Lipinski definition) is 5. The van der Waals surface area contributed by atoms with E-state index in [9.17, 15) is 18.8 Å². The molecule has 3 atom stereocenters. The summed E-state index contributed by atoms with van der Waals surface area (Å²) in [6.07, 6.45) is 7.87. The lowest BCUT2D eigenvalue weighted by Gasteiger charge is -2.40. The predicted molar refractivity (Wildman–Crippen MR) is 156 cm³/mol. The fourth-order valence-corrected chi connectivity index (χ4v) is 6.18. The van der Waals surface area contributed by atoms with E-state index in [0.717, 1.165) is 5.56 Å². The molecule has 0 aromatic heterocycles. The van der Waals surface area contributed by atoms with Crippen LogP contribution in [0.25, 0.3) is 0 Å². The maximum atomic E-state index is 13.7. The van der Waals surface area contributed by atoms with Crippen molar-refractivity contribution in [1.82, 2.24) is 15.5 Å². The molecule has 0 unspecified atom stereocenters. The number of piperidine rings is 1. The smallest absolute Gasteiger partial charge is 0.243 e. The molecule has 3 amide bonds. The lowest BCUT2D eigenvalue weighted by molar-refractivity contribution is -0.140. The molecule has 3 aliphatic rings. The van der Waals surface area contributed by atoms with Crippen LogP contribution in [0.1, 0.15) is 44.1 Å². The maximum absolute atomic E-state index is 13.7. The van der Waals surface area contributed by atoms with E-state index in [0.29, 0.717) is 70.6 Å². The highest BCUT2D eigenvalue weighted by molar-refractivity contribution is 5.90. The molecule has 0 aliphatic carbocycles. The first-order chi connectivity index (χ1) is 20.4. The van der Waals surface area contributed by atoms with Gasteiger partial charge in [0.25, 0.3) is 0 Å². The number of likely N-dealkylation sites (tertiary alicyclic amines) is 1. The molecular weight excluding hydrogens is 537 g/mol. The van der Waals surface area contributed by atoms with Gasteiger partial charge in [0.1, 0.15) is 17.6 Å². The Balaban J connectivity index is 1.28. The van der Waals surface area contributed by atoms with Crippen molar-refractivity contribution in [2.75, 3.05) is 32.9 Å². The van der Waals surface area contributed by atoms with Crippen molar-refractivity contribution in [2.24, 2.45) is 11.3 Å². The Bertz CT molecular complexity index is 1260. The third-order valence-corrected chi connectivity index (χ3v) is 8.75. The maximum Gasteiger partial charge on any atom is 0.243 e. The monoisotopic (exact) mass is 577 g/mol. The van der Waals surface area contributed by atoms with Gasteiger partial charge in [-0.3, -0.25) is 14.4 Å². The summed E-state index contributed by atoms with van der Waals surface area (Å²) in [5, 5.41) is 6.35. The SMILES string of the molecule is O=C1N[C@H]2CCN(C(=O)CCOc3cccc(F)c3)C[C@H]2C/C=C/CC2(CCOCC2)C(=O)N[C@@H]1Cc1ccccc1. The summed E-state index contributed by atoms with van der Waals surface area (Å²) in [4.78, 5) is 42.3. The van der Waals surface area contributed by atoms with Crippen LogP contribution in [0.15, 0.2) is 66.7 Å². The largest absolute Gasteiger partial charge is 0.493 e. The Morgan fingerprint density at radius 3 is 2.64 bits per heavy atom. The molecule has 8 nitrogen and oxygen atoms in total. The number of amides is 3. The van der Waals surface area contributed by atoms with Gasteiger partial charge < -0.3 is 25.0 Å². The molecule has 3 heterocycles. The van der Waals surface area contributed by atoms with Crippen molar-refractivity contribution >= 4 is 17.7 Å². The molecule has 9 heteroatoms. The quantitative estimate of drug-likeness (QED) is 0.510. The summed E-state index contributed by atoms with van der Waals surface area (Å²) < 4.78 is 24.6. The number of carbonyl (C=O) groups excluding carboxylic acids is 3. The van der Waals surface area contributed by atoms with Crippen LogP contribution >= 0.6 is 0 Å². The van der Waals surface area contributed by atoms with Gasteiger partial charge in [-0.05, 0) is 49.8 Å². The van der Waals surface area contributed by atoms with Crippen molar-refractivity contribution in [3.05, 3.63) is 78.1 Å². The molecule has 2 aromatic carbocycles. The van der Waals surface area contributed by atoms with Crippen LogP contribution in [0.5, 0.6) is 5.75 Å². The third kappa shape index (κ3) is 7.56. The average Bonchev–Trinajstić information content (AvgIpc) is 3.00. The van der Waals surface area contributed by atoms with Gasteiger partial charge in [-0.2, -0.15) is 0 Å². The summed E-state index contributed by atoms with van der Waals surface area (Å²) in [6.45, 7) is 2.23. The zero-order valence-electron chi connectivity index (χ0n) is 23.9. The second-order valence-electron chi connectivity index (χ2n) is 11.6. The molecule has 1 spiro atoms. The summed E-state index contributed by atoms with van der Waals surface area (Å²) >= 11 is 0. The second kappa shape index (κ2) is 14.0. The van der Waals surface area contributed by atoms with Crippen LogP contribution in [0.3, 0.4) is 0 Å². The van der Waals surface area contributed by atoms with Crippen molar-refractivity contribution < 1.29 is 28.2 Å². The Hall–Kier alpha value is -3.72. The number of rotatable bonds is 6. The number of hydrogen-bond donors (Lipinski definition) is 2. The van der Waals surface area contributed by atoms with Crippen LogP contribution in [-0.2, 0) is 25.5 Å². The van der Waals surface area contributed by atoms with E-state index in [1.165, 1.54) is 12.1 Å². The topological polar surface area (TPSA) is 97.0 Å². The molecule has 0 radical (unpaired) electrons. The zero-order chi connectivity index (χ0) is 29.4. The van der Waals surface area contributed by atoms with Crippen molar-refractivity contribution in [1.29, 1.82) is 0 Å².